The zero-order valence-electron chi connectivity index (χ0n) is 12.8. The van der Waals surface area contributed by atoms with E-state index in [9.17, 15) is 9.59 Å². The quantitative estimate of drug-likeness (QED) is 0.658. The molecule has 2 aliphatic rings. The lowest BCUT2D eigenvalue weighted by Crippen LogP contribution is -2.46. The number of nitrogens with zero attached hydrogens (tertiary/aromatic N) is 1. The summed E-state index contributed by atoms with van der Waals surface area (Å²) in [6.45, 7) is 3.93. The summed E-state index contributed by atoms with van der Waals surface area (Å²) in [6.07, 6.45) is 7.12. The Morgan fingerprint density at radius 1 is 1.10 bits per heavy atom. The highest BCUT2D eigenvalue weighted by Gasteiger charge is 2.17. The molecule has 0 radical (unpaired) electrons. The molecule has 0 aromatic rings. The van der Waals surface area contributed by atoms with Gasteiger partial charge in [-0.15, -0.1) is 0 Å². The van der Waals surface area contributed by atoms with Gasteiger partial charge in [0.1, 0.15) is 0 Å². The monoisotopic (exact) mass is 296 g/mol. The largest absolute Gasteiger partial charge is 0.340 e. The van der Waals surface area contributed by atoms with Gasteiger partial charge in [-0.1, -0.05) is 19.3 Å². The number of hydrogen-bond acceptors (Lipinski definition) is 3. The van der Waals surface area contributed by atoms with Crippen LogP contribution >= 0.6 is 0 Å². The zero-order chi connectivity index (χ0) is 14.9. The molecule has 2 fully saturated rings. The maximum atomic E-state index is 11.9. The lowest BCUT2D eigenvalue weighted by Gasteiger charge is -2.27. The van der Waals surface area contributed by atoms with Gasteiger partial charge in [0.05, 0.1) is 0 Å². The van der Waals surface area contributed by atoms with Crippen molar-refractivity contribution in [1.29, 1.82) is 0 Å². The van der Waals surface area contributed by atoms with Gasteiger partial charge in [0.25, 0.3) is 0 Å². The first kappa shape index (κ1) is 16.1. The molecule has 0 spiro atoms. The van der Waals surface area contributed by atoms with Gasteiger partial charge in [-0.3, -0.25) is 4.79 Å². The van der Waals surface area contributed by atoms with Gasteiger partial charge in [-0.25, -0.2) is 4.79 Å². The number of urea groups is 1. The van der Waals surface area contributed by atoms with Crippen LogP contribution in [-0.2, 0) is 4.79 Å². The highest BCUT2D eigenvalue weighted by Crippen LogP contribution is 2.17. The third-order valence-corrected chi connectivity index (χ3v) is 4.26. The predicted molar refractivity (Wildman–Crippen MR) is 82.1 cm³/mol. The third-order valence-electron chi connectivity index (χ3n) is 4.26. The molecule has 0 aromatic carbocycles. The number of carbonyl (C=O) groups is 2. The lowest BCUT2D eigenvalue weighted by atomic mass is 9.96. The van der Waals surface area contributed by atoms with E-state index < -0.39 is 0 Å². The van der Waals surface area contributed by atoms with Crippen molar-refractivity contribution in [1.82, 2.24) is 20.9 Å². The molecule has 1 heterocycles. The normalized spacial score (nSPS) is 20.1. The summed E-state index contributed by atoms with van der Waals surface area (Å²) in [4.78, 5) is 25.6. The first-order valence-electron chi connectivity index (χ1n) is 8.28. The van der Waals surface area contributed by atoms with E-state index >= 15 is 0 Å². The number of nitrogens with one attached hydrogen (secondary N) is 3. The van der Waals surface area contributed by atoms with Gasteiger partial charge in [0.15, 0.2) is 0 Å². The van der Waals surface area contributed by atoms with Gasteiger partial charge in [0, 0.05) is 45.2 Å². The van der Waals surface area contributed by atoms with Crippen molar-refractivity contribution in [2.75, 3.05) is 32.7 Å². The molecule has 1 saturated heterocycles. The Hall–Kier alpha value is -1.30. The molecule has 0 unspecified atom stereocenters. The maximum absolute atomic E-state index is 11.9. The fraction of sp³-hybridized carbons (Fsp3) is 0.867. The van der Waals surface area contributed by atoms with Crippen LogP contribution in [0.3, 0.4) is 0 Å². The van der Waals surface area contributed by atoms with Crippen molar-refractivity contribution < 1.29 is 9.59 Å². The molecule has 0 aromatic heterocycles. The molecule has 3 N–H and O–H groups in total. The second kappa shape index (κ2) is 8.87. The van der Waals surface area contributed by atoms with E-state index in [1.807, 2.05) is 4.90 Å². The summed E-state index contributed by atoms with van der Waals surface area (Å²) in [5.41, 5.74) is 0. The van der Waals surface area contributed by atoms with E-state index in [0.717, 1.165) is 39.0 Å². The summed E-state index contributed by atoms with van der Waals surface area (Å²) in [7, 11) is 0. The maximum Gasteiger partial charge on any atom is 0.315 e. The van der Waals surface area contributed by atoms with E-state index in [-0.39, 0.29) is 11.9 Å². The summed E-state index contributed by atoms with van der Waals surface area (Å²) >= 11 is 0. The fourth-order valence-corrected chi connectivity index (χ4v) is 3.00. The average Bonchev–Trinajstić information content (AvgIpc) is 2.53. The minimum absolute atomic E-state index is 0.0866. The molecule has 120 valence electrons. The van der Waals surface area contributed by atoms with Crippen LogP contribution in [-0.4, -0.2) is 55.6 Å². The molecule has 6 nitrogen and oxygen atoms in total. The number of rotatable bonds is 5. The van der Waals surface area contributed by atoms with Crippen LogP contribution in [0.25, 0.3) is 0 Å². The Balaban J connectivity index is 1.52. The first-order chi connectivity index (χ1) is 10.3. The Bertz CT molecular complexity index is 337. The fourth-order valence-electron chi connectivity index (χ4n) is 3.00. The van der Waals surface area contributed by atoms with E-state index in [0.29, 0.717) is 25.4 Å². The van der Waals surface area contributed by atoms with Gasteiger partial charge in [-0.2, -0.15) is 0 Å². The average molecular weight is 296 g/mol. The smallest absolute Gasteiger partial charge is 0.315 e. The van der Waals surface area contributed by atoms with Crippen molar-refractivity contribution >= 4 is 11.9 Å². The Kier molecular flexibility index (Phi) is 6.79. The van der Waals surface area contributed by atoms with E-state index in [1.54, 1.807) is 0 Å². The van der Waals surface area contributed by atoms with Crippen molar-refractivity contribution in [3.8, 4) is 0 Å². The van der Waals surface area contributed by atoms with Crippen LogP contribution in [0.5, 0.6) is 0 Å². The summed E-state index contributed by atoms with van der Waals surface area (Å²) < 4.78 is 0. The molecule has 6 heteroatoms. The van der Waals surface area contributed by atoms with Gasteiger partial charge in [-0.05, 0) is 19.3 Å². The molecule has 0 bridgehead atoms. The molecule has 21 heavy (non-hydrogen) atoms. The molecule has 2 rings (SSSR count). The minimum Gasteiger partial charge on any atom is -0.340 e. The Morgan fingerprint density at radius 2 is 1.81 bits per heavy atom. The predicted octanol–water partition coefficient (Wildman–Crippen LogP) is 0.830. The standard InChI is InChI=1S/C15H28N4O2/c20-14(19-11-9-16-10-12-19)7-4-8-17-15(21)18-13-5-2-1-3-6-13/h13,16H,1-12H2,(H2,17,18,21). The summed E-state index contributed by atoms with van der Waals surface area (Å²) in [6, 6.07) is 0.248. The SMILES string of the molecule is O=C(NCCCC(=O)N1CCNCC1)NC1CCCCC1. The van der Waals surface area contributed by atoms with Gasteiger partial charge >= 0.3 is 6.03 Å². The van der Waals surface area contributed by atoms with Crippen LogP contribution in [0, 0.1) is 0 Å². The number of piperazine rings is 1. The van der Waals surface area contributed by atoms with Crippen molar-refractivity contribution in [2.45, 2.75) is 51.0 Å². The highest BCUT2D eigenvalue weighted by atomic mass is 16.2. The van der Waals surface area contributed by atoms with Crippen LogP contribution in [0.2, 0.25) is 0 Å². The first-order valence-corrected chi connectivity index (χ1v) is 8.28. The van der Waals surface area contributed by atoms with E-state index in [2.05, 4.69) is 16.0 Å². The number of hydrogen-bond donors (Lipinski definition) is 3. The summed E-state index contributed by atoms with van der Waals surface area (Å²) in [5.74, 6) is 0.200. The number of carbonyl (C=O) groups excluding carboxylic acids is 2. The van der Waals surface area contributed by atoms with Crippen molar-refractivity contribution in [3.63, 3.8) is 0 Å². The molecule has 0 atom stereocenters. The highest BCUT2D eigenvalue weighted by molar-refractivity contribution is 5.76. The van der Waals surface area contributed by atoms with Crippen LogP contribution in [0.1, 0.15) is 44.9 Å². The molecule has 1 saturated carbocycles. The topological polar surface area (TPSA) is 73.5 Å². The van der Waals surface area contributed by atoms with Crippen LogP contribution in [0.4, 0.5) is 4.79 Å². The molecular formula is C15H28N4O2. The van der Waals surface area contributed by atoms with Crippen LogP contribution < -0.4 is 16.0 Å². The second-order valence-electron chi connectivity index (χ2n) is 5.97. The van der Waals surface area contributed by atoms with Gasteiger partial charge < -0.3 is 20.9 Å². The molecule has 1 aliphatic carbocycles. The van der Waals surface area contributed by atoms with Crippen molar-refractivity contribution in [2.24, 2.45) is 0 Å². The molecule has 1 aliphatic heterocycles. The molecular weight excluding hydrogens is 268 g/mol. The third kappa shape index (κ3) is 5.91. The molecule has 3 amide bonds. The van der Waals surface area contributed by atoms with Gasteiger partial charge in [0.2, 0.25) is 5.91 Å². The number of amides is 3. The summed E-state index contributed by atoms with van der Waals surface area (Å²) in [5, 5.41) is 9.10. The van der Waals surface area contributed by atoms with E-state index in [4.69, 9.17) is 0 Å². The van der Waals surface area contributed by atoms with E-state index in [1.165, 1.54) is 19.3 Å². The zero-order valence-corrected chi connectivity index (χ0v) is 12.8. The Morgan fingerprint density at radius 3 is 2.52 bits per heavy atom. The van der Waals surface area contributed by atoms with Crippen LogP contribution in [0.15, 0.2) is 0 Å². The lowest BCUT2D eigenvalue weighted by molar-refractivity contribution is -0.131. The van der Waals surface area contributed by atoms with Crippen molar-refractivity contribution in [3.05, 3.63) is 0 Å². The second-order valence-corrected chi connectivity index (χ2v) is 5.97. The minimum atomic E-state index is -0.0866. The Labute approximate surface area is 127 Å².